The van der Waals surface area contributed by atoms with Crippen LogP contribution in [-0.4, -0.2) is 26.4 Å². The molecule has 2 atom stereocenters. The van der Waals surface area contributed by atoms with Gasteiger partial charge in [-0.15, -0.1) is 0 Å². The summed E-state index contributed by atoms with van der Waals surface area (Å²) < 4.78 is 18.7. The predicted molar refractivity (Wildman–Crippen MR) is 154 cm³/mol. The summed E-state index contributed by atoms with van der Waals surface area (Å²) in [5.41, 5.74) is 2.30. The zero-order chi connectivity index (χ0) is 25.8. The molecule has 2 aliphatic rings. The lowest BCUT2D eigenvalue weighted by Gasteiger charge is -2.35. The molecule has 0 saturated heterocycles. The van der Waals surface area contributed by atoms with Crippen molar-refractivity contribution in [2.75, 3.05) is 26.4 Å². The van der Waals surface area contributed by atoms with E-state index in [1.807, 2.05) is 0 Å². The molecule has 196 valence electrons. The number of ether oxygens (including phenoxy) is 3. The number of allylic oxidation sites excluding steroid dienone is 8. The third-order valence-corrected chi connectivity index (χ3v) is 7.44. The van der Waals surface area contributed by atoms with Crippen molar-refractivity contribution in [2.24, 2.45) is 0 Å². The fraction of sp³-hybridized carbons (Fsp3) is 0.412. The van der Waals surface area contributed by atoms with Crippen LogP contribution in [0, 0.1) is 0 Å². The minimum absolute atomic E-state index is 0.106. The van der Waals surface area contributed by atoms with E-state index in [1.165, 1.54) is 11.1 Å². The number of rotatable bonds is 14. The van der Waals surface area contributed by atoms with Gasteiger partial charge in [-0.3, -0.25) is 0 Å². The van der Waals surface area contributed by atoms with Crippen LogP contribution in [0.3, 0.4) is 0 Å². The van der Waals surface area contributed by atoms with Gasteiger partial charge in [-0.25, -0.2) is 0 Å². The zero-order valence-electron chi connectivity index (χ0n) is 22.5. The third-order valence-electron chi connectivity index (χ3n) is 7.44. The van der Waals surface area contributed by atoms with E-state index in [4.69, 9.17) is 14.2 Å². The molecule has 3 nitrogen and oxygen atoms in total. The molecule has 0 fully saturated rings. The molecule has 0 amide bonds. The normalized spacial score (nSPS) is 22.3. The first-order chi connectivity index (χ1) is 18.2. The number of benzene rings is 2. The molecule has 0 spiro atoms. The monoisotopic (exact) mass is 498 g/mol. The first-order valence-corrected chi connectivity index (χ1v) is 13.9. The summed E-state index contributed by atoms with van der Waals surface area (Å²) in [7, 11) is 0. The molecule has 0 bridgehead atoms. The summed E-state index contributed by atoms with van der Waals surface area (Å²) in [5.74, 6) is 1.98. The van der Waals surface area contributed by atoms with Crippen molar-refractivity contribution in [3.05, 3.63) is 108 Å². The van der Waals surface area contributed by atoms with E-state index in [0.717, 1.165) is 63.2 Å². The van der Waals surface area contributed by atoms with Crippen LogP contribution in [-0.2, 0) is 15.6 Å². The Morgan fingerprint density at radius 1 is 0.595 bits per heavy atom. The minimum Gasteiger partial charge on any atom is -0.493 e. The van der Waals surface area contributed by atoms with E-state index >= 15 is 0 Å². The highest BCUT2D eigenvalue weighted by molar-refractivity contribution is 5.46. The van der Waals surface area contributed by atoms with Crippen molar-refractivity contribution in [3.63, 3.8) is 0 Å². The van der Waals surface area contributed by atoms with Crippen LogP contribution in [0.25, 0.3) is 0 Å². The first kappa shape index (κ1) is 27.0. The lowest BCUT2D eigenvalue weighted by Crippen LogP contribution is -2.29. The molecule has 0 heterocycles. The van der Waals surface area contributed by atoms with Gasteiger partial charge in [-0.2, -0.15) is 0 Å². The molecule has 37 heavy (non-hydrogen) atoms. The summed E-state index contributed by atoms with van der Waals surface area (Å²) in [4.78, 5) is 0. The number of hydrogen-bond donors (Lipinski definition) is 0. The molecule has 0 saturated carbocycles. The van der Waals surface area contributed by atoms with E-state index < -0.39 is 0 Å². The molecule has 2 aliphatic carbocycles. The highest BCUT2D eigenvalue weighted by Crippen LogP contribution is 2.42. The minimum atomic E-state index is -0.106. The second-order valence-corrected chi connectivity index (χ2v) is 10.1. The first-order valence-electron chi connectivity index (χ1n) is 13.9. The van der Waals surface area contributed by atoms with Crippen LogP contribution in [0.15, 0.2) is 97.1 Å². The quantitative estimate of drug-likeness (QED) is 0.245. The van der Waals surface area contributed by atoms with Crippen molar-refractivity contribution in [1.29, 1.82) is 0 Å². The van der Waals surface area contributed by atoms with Gasteiger partial charge in [0.1, 0.15) is 11.5 Å². The Balaban J connectivity index is 1.44. The van der Waals surface area contributed by atoms with Crippen LogP contribution in [0.2, 0.25) is 0 Å². The molecule has 0 radical (unpaired) electrons. The van der Waals surface area contributed by atoms with Gasteiger partial charge in [-0.1, -0.05) is 98.9 Å². The second-order valence-electron chi connectivity index (χ2n) is 10.1. The highest BCUT2D eigenvalue weighted by atomic mass is 16.5. The Bertz CT molecular complexity index is 1020. The molecule has 2 unspecified atom stereocenters. The molecule has 0 aliphatic heterocycles. The van der Waals surface area contributed by atoms with E-state index in [2.05, 4.69) is 111 Å². The van der Waals surface area contributed by atoms with Gasteiger partial charge in [-0.05, 0) is 50.7 Å². The Hall–Kier alpha value is -3.04. The lowest BCUT2D eigenvalue weighted by atomic mass is 9.72. The molecule has 2 aromatic rings. The Morgan fingerprint density at radius 3 is 1.46 bits per heavy atom. The number of hydrogen-bond acceptors (Lipinski definition) is 3. The summed E-state index contributed by atoms with van der Waals surface area (Å²) in [6.45, 7) is 7.16. The molecule has 0 N–H and O–H groups in total. The van der Waals surface area contributed by atoms with Crippen molar-refractivity contribution >= 4 is 0 Å². The zero-order valence-corrected chi connectivity index (χ0v) is 22.5. The molecule has 0 aromatic heterocycles. The summed E-state index contributed by atoms with van der Waals surface area (Å²) >= 11 is 0. The third kappa shape index (κ3) is 6.64. The topological polar surface area (TPSA) is 27.7 Å². The van der Waals surface area contributed by atoms with Crippen LogP contribution >= 0.6 is 0 Å². The predicted octanol–water partition coefficient (Wildman–Crippen LogP) is 8.27. The number of para-hydroxylation sites is 2. The van der Waals surface area contributed by atoms with E-state index in [-0.39, 0.29) is 10.8 Å². The summed E-state index contributed by atoms with van der Waals surface area (Å²) in [6, 6.07) is 17.0. The van der Waals surface area contributed by atoms with Crippen LogP contribution < -0.4 is 9.47 Å². The standard InChI is InChI=1S/C34H42O3/c1-3-25-36-31-17-9-7-15-29(31)33(19-11-5-12-20-33)23-27-35-28-24-34(21-13-6-14-22-34)30-16-8-10-18-32(30)37-26-4-2/h5-19,21H,3-4,20,22-28H2,1-2H3. The maximum atomic E-state index is 6.38. The van der Waals surface area contributed by atoms with E-state index in [0.29, 0.717) is 13.2 Å². The van der Waals surface area contributed by atoms with Crippen LogP contribution in [0.4, 0.5) is 0 Å². The van der Waals surface area contributed by atoms with Crippen LogP contribution in [0.5, 0.6) is 11.5 Å². The van der Waals surface area contributed by atoms with Gasteiger partial charge in [0, 0.05) is 35.2 Å². The largest absolute Gasteiger partial charge is 0.493 e. The fourth-order valence-corrected chi connectivity index (χ4v) is 5.41. The van der Waals surface area contributed by atoms with Crippen molar-refractivity contribution in [3.8, 4) is 11.5 Å². The van der Waals surface area contributed by atoms with Crippen molar-refractivity contribution in [1.82, 2.24) is 0 Å². The average Bonchev–Trinajstić information content (AvgIpc) is 2.96. The van der Waals surface area contributed by atoms with Gasteiger partial charge >= 0.3 is 0 Å². The molecular formula is C34H42O3. The lowest BCUT2D eigenvalue weighted by molar-refractivity contribution is 0.106. The molecule has 4 rings (SSSR count). The van der Waals surface area contributed by atoms with Gasteiger partial charge in [0.25, 0.3) is 0 Å². The van der Waals surface area contributed by atoms with Gasteiger partial charge in [0.2, 0.25) is 0 Å². The van der Waals surface area contributed by atoms with E-state index in [9.17, 15) is 0 Å². The maximum Gasteiger partial charge on any atom is 0.123 e. The van der Waals surface area contributed by atoms with Gasteiger partial charge < -0.3 is 14.2 Å². The second kappa shape index (κ2) is 13.5. The summed E-state index contributed by atoms with van der Waals surface area (Å²) in [6.07, 6.45) is 23.6. The molecule has 2 aromatic carbocycles. The summed E-state index contributed by atoms with van der Waals surface area (Å²) in [5, 5.41) is 0. The highest BCUT2D eigenvalue weighted by Gasteiger charge is 2.34. The van der Waals surface area contributed by atoms with Crippen molar-refractivity contribution in [2.45, 2.75) is 63.2 Å². The molecular weight excluding hydrogens is 456 g/mol. The van der Waals surface area contributed by atoms with E-state index in [1.54, 1.807) is 0 Å². The fourth-order valence-electron chi connectivity index (χ4n) is 5.41. The Labute approximate surface area is 223 Å². The smallest absolute Gasteiger partial charge is 0.123 e. The van der Waals surface area contributed by atoms with Crippen molar-refractivity contribution < 1.29 is 14.2 Å². The maximum absolute atomic E-state index is 6.38. The molecule has 3 heteroatoms. The van der Waals surface area contributed by atoms with Gasteiger partial charge in [0.15, 0.2) is 0 Å². The Kier molecular flexibility index (Phi) is 9.85. The van der Waals surface area contributed by atoms with Gasteiger partial charge in [0.05, 0.1) is 13.2 Å². The SMILES string of the molecule is CCCOc1ccccc1C1(CCOCCC2(c3ccccc3OCCC)C=CC=CC2)C=CC=CC1. The Morgan fingerprint density at radius 2 is 1.05 bits per heavy atom. The van der Waals surface area contributed by atoms with Crippen LogP contribution in [0.1, 0.15) is 63.5 Å². The average molecular weight is 499 g/mol.